The van der Waals surface area contributed by atoms with Gasteiger partial charge in [-0.1, -0.05) is 30.3 Å². The van der Waals surface area contributed by atoms with Crippen molar-refractivity contribution in [3.05, 3.63) is 48.2 Å². The Morgan fingerprint density at radius 1 is 1.22 bits per heavy atom. The first kappa shape index (κ1) is 17.3. The van der Waals surface area contributed by atoms with Crippen molar-refractivity contribution in [3.63, 3.8) is 0 Å². The van der Waals surface area contributed by atoms with Crippen LogP contribution in [0.5, 0.6) is 0 Å². The van der Waals surface area contributed by atoms with Crippen LogP contribution in [-0.4, -0.2) is 50.3 Å². The molecule has 0 saturated carbocycles. The lowest BCUT2D eigenvalue weighted by molar-refractivity contribution is -0.215. The van der Waals surface area contributed by atoms with Gasteiger partial charge in [0.2, 0.25) is 0 Å². The zero-order valence-electron chi connectivity index (χ0n) is 13.0. The van der Waals surface area contributed by atoms with E-state index in [-0.39, 0.29) is 6.42 Å². The number of aliphatic hydroxyl groups excluding tert-OH is 1. The SMILES string of the molecule is CC(=O)C(O)[C@H]1OC=C[C@](O)(C(C)=O)[C@]1(O)Cc1ccccc1. The number of ether oxygens (including phenoxy) is 1. The smallest absolute Gasteiger partial charge is 0.176 e. The molecule has 0 spiro atoms. The molecule has 0 radical (unpaired) electrons. The summed E-state index contributed by atoms with van der Waals surface area (Å²) in [6.07, 6.45) is -1.26. The highest BCUT2D eigenvalue weighted by atomic mass is 16.5. The maximum Gasteiger partial charge on any atom is 0.176 e. The molecular weight excluding hydrogens is 300 g/mol. The van der Waals surface area contributed by atoms with Gasteiger partial charge in [-0.15, -0.1) is 0 Å². The molecule has 1 aliphatic rings. The molecule has 6 nitrogen and oxygen atoms in total. The monoisotopic (exact) mass is 320 g/mol. The van der Waals surface area contributed by atoms with Gasteiger partial charge in [0.05, 0.1) is 6.26 Å². The Kier molecular flexibility index (Phi) is 4.70. The topological polar surface area (TPSA) is 104 Å². The van der Waals surface area contributed by atoms with Gasteiger partial charge in [0.25, 0.3) is 0 Å². The van der Waals surface area contributed by atoms with E-state index < -0.39 is 35.0 Å². The van der Waals surface area contributed by atoms with E-state index in [1.54, 1.807) is 30.3 Å². The predicted octanol–water partition coefficient (Wildman–Crippen LogP) is 0.143. The van der Waals surface area contributed by atoms with Crippen molar-refractivity contribution >= 4 is 11.6 Å². The van der Waals surface area contributed by atoms with E-state index in [9.17, 15) is 24.9 Å². The van der Waals surface area contributed by atoms with Crippen molar-refractivity contribution in [2.45, 2.75) is 43.7 Å². The van der Waals surface area contributed by atoms with Crippen LogP contribution < -0.4 is 0 Å². The van der Waals surface area contributed by atoms with Crippen molar-refractivity contribution < 1.29 is 29.6 Å². The van der Waals surface area contributed by atoms with Crippen LogP contribution in [0.15, 0.2) is 42.7 Å². The van der Waals surface area contributed by atoms with Gasteiger partial charge < -0.3 is 20.1 Å². The quantitative estimate of drug-likeness (QED) is 0.713. The number of carbonyl (C=O) groups is 2. The Balaban J connectivity index is 2.53. The third kappa shape index (κ3) is 2.93. The molecule has 6 heteroatoms. The largest absolute Gasteiger partial charge is 0.492 e. The number of hydrogen-bond donors (Lipinski definition) is 3. The zero-order valence-corrected chi connectivity index (χ0v) is 13.0. The predicted molar refractivity (Wildman–Crippen MR) is 81.4 cm³/mol. The number of aliphatic hydroxyl groups is 3. The number of ketones is 2. The highest BCUT2D eigenvalue weighted by molar-refractivity contribution is 5.89. The normalized spacial score (nSPS) is 31.3. The first-order valence-electron chi connectivity index (χ1n) is 7.24. The van der Waals surface area contributed by atoms with Gasteiger partial charge in [0.1, 0.15) is 5.60 Å². The highest BCUT2D eigenvalue weighted by Crippen LogP contribution is 2.38. The molecule has 0 saturated heterocycles. The molecule has 23 heavy (non-hydrogen) atoms. The summed E-state index contributed by atoms with van der Waals surface area (Å²) < 4.78 is 5.22. The van der Waals surface area contributed by atoms with E-state index >= 15 is 0 Å². The molecule has 4 atom stereocenters. The van der Waals surface area contributed by atoms with Crippen molar-refractivity contribution in [2.24, 2.45) is 0 Å². The Morgan fingerprint density at radius 3 is 2.35 bits per heavy atom. The Hall–Kier alpha value is -2.02. The first-order valence-corrected chi connectivity index (χ1v) is 7.24. The minimum Gasteiger partial charge on any atom is -0.492 e. The second-order valence-electron chi connectivity index (χ2n) is 5.82. The maximum atomic E-state index is 12.0. The molecule has 124 valence electrons. The Bertz CT molecular complexity index is 625. The number of hydrogen-bond acceptors (Lipinski definition) is 6. The van der Waals surface area contributed by atoms with Crippen molar-refractivity contribution in [1.82, 2.24) is 0 Å². The van der Waals surface area contributed by atoms with Gasteiger partial charge in [0, 0.05) is 6.42 Å². The van der Waals surface area contributed by atoms with Gasteiger partial charge in [0.15, 0.2) is 29.4 Å². The summed E-state index contributed by atoms with van der Waals surface area (Å²) in [4.78, 5) is 23.5. The van der Waals surface area contributed by atoms with Gasteiger partial charge in [-0.2, -0.15) is 0 Å². The lowest BCUT2D eigenvalue weighted by Gasteiger charge is -2.47. The van der Waals surface area contributed by atoms with E-state index in [0.717, 1.165) is 26.2 Å². The molecule has 3 N–H and O–H groups in total. The summed E-state index contributed by atoms with van der Waals surface area (Å²) in [5, 5.41) is 32.0. The van der Waals surface area contributed by atoms with E-state index in [1.807, 2.05) is 0 Å². The van der Waals surface area contributed by atoms with Crippen molar-refractivity contribution in [1.29, 1.82) is 0 Å². The molecule has 1 aromatic rings. The fraction of sp³-hybridized carbons (Fsp3) is 0.412. The number of rotatable bonds is 5. The summed E-state index contributed by atoms with van der Waals surface area (Å²) in [6.45, 7) is 2.27. The molecule has 0 bridgehead atoms. The van der Waals surface area contributed by atoms with Gasteiger partial charge in [-0.25, -0.2) is 0 Å². The zero-order chi connectivity index (χ0) is 17.3. The van der Waals surface area contributed by atoms with Crippen LogP contribution in [0, 0.1) is 0 Å². The summed E-state index contributed by atoms with van der Waals surface area (Å²) in [5.41, 5.74) is -3.85. The van der Waals surface area contributed by atoms with Crippen molar-refractivity contribution in [2.75, 3.05) is 0 Å². The highest BCUT2D eigenvalue weighted by Gasteiger charge is 2.61. The summed E-state index contributed by atoms with van der Waals surface area (Å²) in [6, 6.07) is 8.66. The maximum absolute atomic E-state index is 12.0. The third-order valence-electron chi connectivity index (χ3n) is 4.22. The average Bonchev–Trinajstić information content (AvgIpc) is 2.50. The van der Waals surface area contributed by atoms with Crippen LogP contribution in [0.3, 0.4) is 0 Å². The number of carbonyl (C=O) groups excluding carboxylic acids is 2. The third-order valence-corrected chi connectivity index (χ3v) is 4.22. The number of Topliss-reactive ketones (excluding diaryl/α,β-unsaturated/α-hetero) is 2. The standard InChI is InChI=1S/C17H20O6/c1-11(18)14(20)15-17(22,10-13-6-4-3-5-7-13)16(21,12(2)19)8-9-23-15/h3-9,14-15,20-22H,10H2,1-2H3/t14?,15-,16+,17+/m1/s1. The molecular formula is C17H20O6. The summed E-state index contributed by atoms with van der Waals surface area (Å²) in [7, 11) is 0. The second kappa shape index (κ2) is 6.23. The van der Waals surface area contributed by atoms with E-state index in [4.69, 9.17) is 4.74 Å². The van der Waals surface area contributed by atoms with Gasteiger partial charge >= 0.3 is 0 Å². The molecule has 0 aromatic heterocycles. The molecule has 0 amide bonds. The van der Waals surface area contributed by atoms with E-state index in [2.05, 4.69) is 0 Å². The molecule has 0 fully saturated rings. The average molecular weight is 320 g/mol. The summed E-state index contributed by atoms with van der Waals surface area (Å²) in [5.74, 6) is -1.35. The van der Waals surface area contributed by atoms with Crippen LogP contribution in [0.1, 0.15) is 19.4 Å². The fourth-order valence-electron chi connectivity index (χ4n) is 2.81. The van der Waals surface area contributed by atoms with Gasteiger partial charge in [-0.05, 0) is 25.5 Å². The lowest BCUT2D eigenvalue weighted by atomic mass is 9.69. The first-order chi connectivity index (χ1) is 10.7. The van der Waals surface area contributed by atoms with Crippen LogP contribution in [0.25, 0.3) is 0 Å². The summed E-state index contributed by atoms with van der Waals surface area (Å²) >= 11 is 0. The second-order valence-corrected chi connectivity index (χ2v) is 5.82. The molecule has 0 aliphatic carbocycles. The molecule has 2 rings (SSSR count). The van der Waals surface area contributed by atoms with Gasteiger partial charge in [-0.3, -0.25) is 9.59 Å². The minimum absolute atomic E-state index is 0.177. The Morgan fingerprint density at radius 2 is 1.83 bits per heavy atom. The van der Waals surface area contributed by atoms with E-state index in [0.29, 0.717) is 5.56 Å². The van der Waals surface area contributed by atoms with Crippen LogP contribution >= 0.6 is 0 Å². The van der Waals surface area contributed by atoms with Crippen LogP contribution in [-0.2, 0) is 20.7 Å². The number of benzene rings is 1. The minimum atomic E-state index is -2.28. The molecule has 1 heterocycles. The fourth-order valence-corrected chi connectivity index (χ4v) is 2.81. The van der Waals surface area contributed by atoms with Crippen LogP contribution in [0.2, 0.25) is 0 Å². The molecule has 1 unspecified atom stereocenters. The van der Waals surface area contributed by atoms with E-state index in [1.165, 1.54) is 0 Å². The van der Waals surface area contributed by atoms with Crippen molar-refractivity contribution in [3.8, 4) is 0 Å². The molecule has 1 aliphatic heterocycles. The van der Waals surface area contributed by atoms with Crippen LogP contribution in [0.4, 0.5) is 0 Å². The molecule has 1 aromatic carbocycles. The lowest BCUT2D eigenvalue weighted by Crippen LogP contribution is -2.70. The Labute approximate surface area is 134 Å².